The van der Waals surface area contributed by atoms with Crippen molar-refractivity contribution in [2.24, 2.45) is 17.8 Å². The highest BCUT2D eigenvalue weighted by molar-refractivity contribution is 6.35. The Morgan fingerprint density at radius 2 is 1.90 bits per heavy atom. The van der Waals surface area contributed by atoms with Crippen LogP contribution in [0.4, 0.5) is 0 Å². The summed E-state index contributed by atoms with van der Waals surface area (Å²) in [4.78, 5) is 23.6. The largest absolute Gasteiger partial charge is 0.394 e. The predicted molar refractivity (Wildman–Crippen MR) is 75.9 cm³/mol. The summed E-state index contributed by atoms with van der Waals surface area (Å²) in [7, 11) is 0. The summed E-state index contributed by atoms with van der Waals surface area (Å²) in [6.07, 6.45) is 5.68. The third-order valence-electron chi connectivity index (χ3n) is 5.05. The monoisotopic (exact) mass is 282 g/mol. The Labute approximate surface area is 120 Å². The van der Waals surface area contributed by atoms with Crippen molar-refractivity contribution in [3.63, 3.8) is 0 Å². The van der Waals surface area contributed by atoms with Gasteiger partial charge in [-0.3, -0.25) is 9.59 Å². The van der Waals surface area contributed by atoms with Gasteiger partial charge in [0.1, 0.15) is 0 Å². The molecule has 5 heteroatoms. The van der Waals surface area contributed by atoms with Crippen LogP contribution in [0.1, 0.15) is 46.0 Å². The minimum atomic E-state index is -0.638. The van der Waals surface area contributed by atoms with Crippen molar-refractivity contribution in [2.75, 3.05) is 6.61 Å². The number of hydrogen-bond acceptors (Lipinski definition) is 3. The molecule has 2 aliphatic carbocycles. The SMILES string of the molecule is CCC(CO)NC(=O)C(=O)NC(C)C1CC2CCC1C2. The van der Waals surface area contributed by atoms with Crippen molar-refractivity contribution >= 4 is 11.8 Å². The van der Waals surface area contributed by atoms with Gasteiger partial charge in [0, 0.05) is 6.04 Å². The van der Waals surface area contributed by atoms with E-state index in [9.17, 15) is 9.59 Å². The number of aliphatic hydroxyl groups excluding tert-OH is 1. The summed E-state index contributed by atoms with van der Waals surface area (Å²) in [6, 6.07) is -0.288. The molecule has 0 spiro atoms. The number of aliphatic hydroxyl groups is 1. The lowest BCUT2D eigenvalue weighted by Crippen LogP contribution is -2.49. The van der Waals surface area contributed by atoms with Crippen molar-refractivity contribution < 1.29 is 14.7 Å². The van der Waals surface area contributed by atoms with Crippen LogP contribution in [0.15, 0.2) is 0 Å². The maximum absolute atomic E-state index is 11.9. The Bertz CT molecular complexity index is 368. The topological polar surface area (TPSA) is 78.4 Å². The van der Waals surface area contributed by atoms with Gasteiger partial charge in [0.25, 0.3) is 0 Å². The maximum Gasteiger partial charge on any atom is 0.309 e. The van der Waals surface area contributed by atoms with Crippen molar-refractivity contribution in [1.29, 1.82) is 0 Å². The average Bonchev–Trinajstić information content (AvgIpc) is 3.06. The first-order valence-corrected chi connectivity index (χ1v) is 7.77. The summed E-state index contributed by atoms with van der Waals surface area (Å²) in [5.41, 5.74) is 0. The zero-order chi connectivity index (χ0) is 14.7. The summed E-state index contributed by atoms with van der Waals surface area (Å²) in [6.45, 7) is 3.72. The van der Waals surface area contributed by atoms with Crippen LogP contribution in [0.25, 0.3) is 0 Å². The number of hydrogen-bond donors (Lipinski definition) is 3. The smallest absolute Gasteiger partial charge is 0.309 e. The van der Waals surface area contributed by atoms with Crippen molar-refractivity contribution in [2.45, 2.75) is 58.0 Å². The van der Waals surface area contributed by atoms with Crippen LogP contribution in [-0.2, 0) is 9.59 Å². The average molecular weight is 282 g/mol. The molecule has 0 heterocycles. The minimum absolute atomic E-state index is 0.0535. The fourth-order valence-electron chi connectivity index (χ4n) is 3.81. The molecule has 0 aromatic heterocycles. The number of carbonyl (C=O) groups is 2. The zero-order valence-electron chi connectivity index (χ0n) is 12.4. The third kappa shape index (κ3) is 3.32. The molecule has 5 unspecified atom stereocenters. The van der Waals surface area contributed by atoms with E-state index in [1.54, 1.807) is 0 Å². The van der Waals surface area contributed by atoms with Gasteiger partial charge in [-0.25, -0.2) is 0 Å². The molecule has 0 saturated heterocycles. The van der Waals surface area contributed by atoms with E-state index in [1.807, 2.05) is 13.8 Å². The molecule has 2 fully saturated rings. The highest BCUT2D eigenvalue weighted by atomic mass is 16.3. The van der Waals surface area contributed by atoms with Crippen molar-refractivity contribution in [3.05, 3.63) is 0 Å². The van der Waals surface area contributed by atoms with Crippen LogP contribution in [0.2, 0.25) is 0 Å². The molecule has 5 nitrogen and oxygen atoms in total. The number of amides is 2. The minimum Gasteiger partial charge on any atom is -0.394 e. The van der Waals surface area contributed by atoms with Crippen LogP contribution < -0.4 is 10.6 Å². The molecular weight excluding hydrogens is 256 g/mol. The van der Waals surface area contributed by atoms with Crippen LogP contribution in [0, 0.1) is 17.8 Å². The third-order valence-corrected chi connectivity index (χ3v) is 5.05. The first-order chi connectivity index (χ1) is 9.55. The van der Waals surface area contributed by atoms with E-state index in [-0.39, 0.29) is 18.7 Å². The Morgan fingerprint density at radius 1 is 1.20 bits per heavy atom. The first kappa shape index (κ1) is 15.3. The van der Waals surface area contributed by atoms with Gasteiger partial charge in [-0.2, -0.15) is 0 Å². The molecule has 0 aliphatic heterocycles. The fraction of sp³-hybridized carbons (Fsp3) is 0.867. The molecule has 20 heavy (non-hydrogen) atoms. The normalized spacial score (nSPS) is 30.9. The highest BCUT2D eigenvalue weighted by Gasteiger charge is 2.42. The summed E-state index contributed by atoms with van der Waals surface area (Å²) in [5, 5.41) is 14.4. The number of rotatable bonds is 5. The molecule has 2 bridgehead atoms. The van der Waals surface area contributed by atoms with Gasteiger partial charge in [0.2, 0.25) is 0 Å². The van der Waals surface area contributed by atoms with Gasteiger partial charge in [-0.15, -0.1) is 0 Å². The molecule has 0 aromatic rings. The van der Waals surface area contributed by atoms with Gasteiger partial charge in [-0.05, 0) is 50.4 Å². The first-order valence-electron chi connectivity index (χ1n) is 7.77. The molecule has 5 atom stereocenters. The van der Waals surface area contributed by atoms with Crippen molar-refractivity contribution in [3.8, 4) is 0 Å². The maximum atomic E-state index is 11.9. The lowest BCUT2D eigenvalue weighted by atomic mass is 9.84. The van der Waals surface area contributed by atoms with E-state index in [2.05, 4.69) is 10.6 Å². The Morgan fingerprint density at radius 3 is 2.40 bits per heavy atom. The molecule has 2 amide bonds. The van der Waals surface area contributed by atoms with E-state index in [4.69, 9.17) is 5.11 Å². The summed E-state index contributed by atoms with van der Waals surface area (Å²) in [5.74, 6) is 0.856. The van der Waals surface area contributed by atoms with Crippen LogP contribution in [-0.4, -0.2) is 35.6 Å². The number of nitrogens with one attached hydrogen (secondary N) is 2. The van der Waals surface area contributed by atoms with E-state index < -0.39 is 11.8 Å². The van der Waals surface area contributed by atoms with Gasteiger partial charge in [-0.1, -0.05) is 13.3 Å². The quantitative estimate of drug-likeness (QED) is 0.653. The van der Waals surface area contributed by atoms with Gasteiger partial charge in [0.05, 0.1) is 12.6 Å². The van der Waals surface area contributed by atoms with Crippen molar-refractivity contribution in [1.82, 2.24) is 10.6 Å². The zero-order valence-corrected chi connectivity index (χ0v) is 12.4. The lowest BCUT2D eigenvalue weighted by molar-refractivity contribution is -0.140. The second-order valence-electron chi connectivity index (χ2n) is 6.36. The van der Waals surface area contributed by atoms with E-state index in [1.165, 1.54) is 25.7 Å². The second-order valence-corrected chi connectivity index (χ2v) is 6.36. The molecule has 114 valence electrons. The summed E-state index contributed by atoms with van der Waals surface area (Å²) >= 11 is 0. The summed E-state index contributed by atoms with van der Waals surface area (Å²) < 4.78 is 0. The van der Waals surface area contributed by atoms with Crippen LogP contribution in [0.5, 0.6) is 0 Å². The van der Waals surface area contributed by atoms with E-state index in [0.717, 1.165) is 11.8 Å². The molecule has 2 rings (SSSR count). The number of carbonyl (C=O) groups excluding carboxylic acids is 2. The van der Waals surface area contributed by atoms with Crippen LogP contribution >= 0.6 is 0 Å². The fourth-order valence-corrected chi connectivity index (χ4v) is 3.81. The standard InChI is InChI=1S/C15H26N2O3/c1-3-12(8-18)17-15(20)14(19)16-9(2)13-7-10-4-5-11(13)6-10/h9-13,18H,3-8H2,1-2H3,(H,16,19)(H,17,20). The van der Waals surface area contributed by atoms with Gasteiger partial charge < -0.3 is 15.7 Å². The highest BCUT2D eigenvalue weighted by Crippen LogP contribution is 2.49. The molecule has 0 radical (unpaired) electrons. The van der Waals surface area contributed by atoms with E-state index >= 15 is 0 Å². The molecule has 3 N–H and O–H groups in total. The Kier molecular flexibility index (Phi) is 5.02. The molecule has 2 aliphatic rings. The van der Waals surface area contributed by atoms with Gasteiger partial charge in [0.15, 0.2) is 0 Å². The molecule has 0 aromatic carbocycles. The Hall–Kier alpha value is -1.10. The molecule has 2 saturated carbocycles. The number of fused-ring (bicyclic) bond motifs is 2. The lowest BCUT2D eigenvalue weighted by Gasteiger charge is -2.28. The van der Waals surface area contributed by atoms with E-state index in [0.29, 0.717) is 12.3 Å². The van der Waals surface area contributed by atoms with Crippen LogP contribution in [0.3, 0.4) is 0 Å². The predicted octanol–water partition coefficient (Wildman–Crippen LogP) is 0.814. The van der Waals surface area contributed by atoms with Gasteiger partial charge >= 0.3 is 11.8 Å². The second kappa shape index (κ2) is 6.57. The Balaban J connectivity index is 1.80. The molecular formula is C15H26N2O3.